The first-order valence-corrected chi connectivity index (χ1v) is 5.17. The summed E-state index contributed by atoms with van der Waals surface area (Å²) in [6.45, 7) is 0. The Kier molecular flexibility index (Phi) is 3.15. The third kappa shape index (κ3) is 2.37. The van der Waals surface area contributed by atoms with Crippen LogP contribution >= 0.6 is 0 Å². The Labute approximate surface area is 107 Å². The summed E-state index contributed by atoms with van der Waals surface area (Å²) in [5.74, 6) is -0.229. The summed E-state index contributed by atoms with van der Waals surface area (Å²) in [5.41, 5.74) is 6.28. The fourth-order valence-electron chi connectivity index (χ4n) is 1.53. The Morgan fingerprint density at radius 3 is 2.68 bits per heavy atom. The number of amides is 1. The van der Waals surface area contributed by atoms with Crippen molar-refractivity contribution in [2.24, 2.45) is 5.73 Å². The molecule has 0 unspecified atom stereocenters. The lowest BCUT2D eigenvalue weighted by molar-refractivity contribution is 0.1000. The highest BCUT2D eigenvalue weighted by Crippen LogP contribution is 2.29. The van der Waals surface area contributed by atoms with E-state index in [4.69, 9.17) is 15.6 Å². The summed E-state index contributed by atoms with van der Waals surface area (Å²) in [6, 6.07) is 4.52. The molecule has 2 rings (SSSR count). The number of hydrogen-bond acceptors (Lipinski definition) is 5. The van der Waals surface area contributed by atoms with Gasteiger partial charge in [-0.1, -0.05) is 4.80 Å². The molecule has 1 aromatic heterocycles. The topological polar surface area (TPSA) is 120 Å². The van der Waals surface area contributed by atoms with Gasteiger partial charge in [0.2, 0.25) is 5.91 Å². The molecular formula is C11H10N4O4. The van der Waals surface area contributed by atoms with Crippen LogP contribution in [0.15, 0.2) is 24.4 Å². The van der Waals surface area contributed by atoms with Gasteiger partial charge in [0, 0.05) is 11.1 Å². The van der Waals surface area contributed by atoms with Crippen LogP contribution in [-0.2, 0) is 0 Å². The van der Waals surface area contributed by atoms with E-state index < -0.39 is 12.0 Å². The van der Waals surface area contributed by atoms with E-state index in [0.717, 1.165) is 0 Å². The summed E-state index contributed by atoms with van der Waals surface area (Å²) < 4.78 is 5.13. The maximum Gasteiger partial charge on any atom is 0.449 e. The number of primary amides is 1. The minimum Gasteiger partial charge on any atom is -0.496 e. The lowest BCUT2D eigenvalue weighted by atomic mass is 10.1. The van der Waals surface area contributed by atoms with Gasteiger partial charge in [0.1, 0.15) is 11.4 Å². The summed E-state index contributed by atoms with van der Waals surface area (Å²) >= 11 is 0. The van der Waals surface area contributed by atoms with Crippen molar-refractivity contribution in [3.05, 3.63) is 30.0 Å². The van der Waals surface area contributed by atoms with Crippen LogP contribution in [0.25, 0.3) is 11.3 Å². The van der Waals surface area contributed by atoms with Crippen LogP contribution in [0.2, 0.25) is 0 Å². The molecule has 0 saturated heterocycles. The number of rotatable bonds is 3. The summed E-state index contributed by atoms with van der Waals surface area (Å²) in [7, 11) is 1.42. The second kappa shape index (κ2) is 4.77. The van der Waals surface area contributed by atoms with Crippen LogP contribution in [-0.4, -0.2) is 39.2 Å². The molecule has 8 nitrogen and oxygen atoms in total. The number of hydrogen-bond donors (Lipinski definition) is 2. The number of benzene rings is 1. The van der Waals surface area contributed by atoms with Crippen LogP contribution in [0.3, 0.4) is 0 Å². The van der Waals surface area contributed by atoms with Crippen molar-refractivity contribution in [3.63, 3.8) is 0 Å². The minimum atomic E-state index is -1.29. The standard InChI is InChI=1S/C11H10N4O4/c1-19-9-4-6(10(12)16)2-3-7(9)8-5-13-15(14-8)11(17)18/h2-5H,1H3,(H2,12,16)(H,17,18). The largest absolute Gasteiger partial charge is 0.496 e. The first kappa shape index (κ1) is 12.6. The monoisotopic (exact) mass is 262 g/mol. The lowest BCUT2D eigenvalue weighted by Crippen LogP contribution is -2.11. The number of ether oxygens (including phenoxy) is 1. The molecular weight excluding hydrogens is 252 g/mol. The molecule has 1 amide bonds. The van der Waals surface area contributed by atoms with Crippen LogP contribution in [0.4, 0.5) is 4.79 Å². The normalized spacial score (nSPS) is 10.2. The highest BCUT2D eigenvalue weighted by atomic mass is 16.5. The molecule has 1 heterocycles. The second-order valence-electron chi connectivity index (χ2n) is 3.58. The number of nitrogens with two attached hydrogens (primary N) is 1. The summed E-state index contributed by atoms with van der Waals surface area (Å²) in [6.07, 6.45) is -0.00500. The van der Waals surface area contributed by atoms with Crippen LogP contribution < -0.4 is 10.5 Å². The van der Waals surface area contributed by atoms with Gasteiger partial charge in [0.05, 0.1) is 13.3 Å². The average molecular weight is 262 g/mol. The first-order valence-electron chi connectivity index (χ1n) is 5.17. The molecule has 0 atom stereocenters. The highest BCUT2D eigenvalue weighted by Gasteiger charge is 2.14. The Hall–Kier alpha value is -2.90. The van der Waals surface area contributed by atoms with E-state index in [1.54, 1.807) is 6.07 Å². The van der Waals surface area contributed by atoms with Gasteiger partial charge in [-0.25, -0.2) is 4.79 Å². The molecule has 0 aliphatic rings. The molecule has 2 aromatic rings. The zero-order chi connectivity index (χ0) is 14.0. The van der Waals surface area contributed by atoms with Crippen molar-refractivity contribution in [1.29, 1.82) is 0 Å². The minimum absolute atomic E-state index is 0.284. The molecule has 0 aliphatic carbocycles. The van der Waals surface area contributed by atoms with Crippen molar-refractivity contribution >= 4 is 12.0 Å². The van der Waals surface area contributed by atoms with Crippen LogP contribution in [0.1, 0.15) is 10.4 Å². The van der Waals surface area contributed by atoms with E-state index in [-0.39, 0.29) is 5.56 Å². The molecule has 19 heavy (non-hydrogen) atoms. The Morgan fingerprint density at radius 1 is 1.42 bits per heavy atom. The van der Waals surface area contributed by atoms with E-state index in [1.165, 1.54) is 25.4 Å². The van der Waals surface area contributed by atoms with Gasteiger partial charge in [0.15, 0.2) is 0 Å². The maximum absolute atomic E-state index is 11.1. The molecule has 3 N–H and O–H groups in total. The average Bonchev–Trinajstić information content (AvgIpc) is 2.87. The maximum atomic E-state index is 11.1. The molecule has 0 aliphatic heterocycles. The van der Waals surface area contributed by atoms with Gasteiger partial charge in [-0.3, -0.25) is 4.79 Å². The molecule has 0 bridgehead atoms. The van der Waals surface area contributed by atoms with E-state index in [2.05, 4.69) is 10.2 Å². The molecule has 1 aromatic carbocycles. The zero-order valence-electron chi connectivity index (χ0n) is 9.90. The summed E-state index contributed by atoms with van der Waals surface area (Å²) in [5, 5.41) is 16.1. The fraction of sp³-hybridized carbons (Fsp3) is 0.0909. The molecule has 8 heteroatoms. The van der Waals surface area contributed by atoms with Gasteiger partial charge in [-0.05, 0) is 18.2 Å². The SMILES string of the molecule is COc1cc(C(N)=O)ccc1-c1cnn(C(=O)O)n1. The van der Waals surface area contributed by atoms with E-state index in [1.807, 2.05) is 0 Å². The Morgan fingerprint density at radius 2 is 2.16 bits per heavy atom. The smallest absolute Gasteiger partial charge is 0.449 e. The number of carboxylic acid groups (broad SMARTS) is 1. The number of nitrogens with zero attached hydrogens (tertiary/aromatic N) is 3. The number of carbonyl (C=O) groups excluding carboxylic acids is 1. The molecule has 0 saturated carbocycles. The number of aromatic nitrogens is 3. The Balaban J connectivity index is 2.48. The predicted octanol–water partition coefficient (Wildman–Crippen LogP) is 0.579. The molecule has 0 spiro atoms. The van der Waals surface area contributed by atoms with E-state index >= 15 is 0 Å². The number of carbonyl (C=O) groups is 2. The molecule has 98 valence electrons. The van der Waals surface area contributed by atoms with Crippen molar-refractivity contribution in [3.8, 4) is 17.0 Å². The molecule has 0 fully saturated rings. The molecule has 0 radical (unpaired) electrons. The first-order chi connectivity index (χ1) is 9.02. The van der Waals surface area contributed by atoms with Crippen molar-refractivity contribution in [1.82, 2.24) is 15.0 Å². The van der Waals surface area contributed by atoms with Gasteiger partial charge in [-0.2, -0.15) is 5.10 Å². The lowest BCUT2D eigenvalue weighted by Gasteiger charge is -2.07. The van der Waals surface area contributed by atoms with E-state index in [0.29, 0.717) is 21.8 Å². The quantitative estimate of drug-likeness (QED) is 0.834. The predicted molar refractivity (Wildman–Crippen MR) is 64.0 cm³/mol. The third-order valence-corrected chi connectivity index (χ3v) is 2.42. The highest BCUT2D eigenvalue weighted by molar-refractivity contribution is 5.94. The van der Waals surface area contributed by atoms with Gasteiger partial charge < -0.3 is 15.6 Å². The fourth-order valence-corrected chi connectivity index (χ4v) is 1.53. The third-order valence-electron chi connectivity index (χ3n) is 2.42. The summed E-state index contributed by atoms with van der Waals surface area (Å²) in [4.78, 5) is 22.3. The zero-order valence-corrected chi connectivity index (χ0v) is 9.90. The van der Waals surface area contributed by atoms with E-state index in [9.17, 15) is 9.59 Å². The number of methoxy groups -OCH3 is 1. The van der Waals surface area contributed by atoms with Crippen LogP contribution in [0.5, 0.6) is 5.75 Å². The van der Waals surface area contributed by atoms with Gasteiger partial charge >= 0.3 is 6.09 Å². The van der Waals surface area contributed by atoms with Crippen molar-refractivity contribution in [2.75, 3.05) is 7.11 Å². The van der Waals surface area contributed by atoms with Crippen LogP contribution in [0, 0.1) is 0 Å². The van der Waals surface area contributed by atoms with Crippen molar-refractivity contribution in [2.45, 2.75) is 0 Å². The van der Waals surface area contributed by atoms with Gasteiger partial charge in [0.25, 0.3) is 0 Å². The van der Waals surface area contributed by atoms with Crippen molar-refractivity contribution < 1.29 is 19.4 Å². The Bertz CT molecular complexity index is 650. The van der Waals surface area contributed by atoms with Gasteiger partial charge in [-0.15, -0.1) is 5.10 Å². The second-order valence-corrected chi connectivity index (χ2v) is 3.58.